The van der Waals surface area contributed by atoms with Gasteiger partial charge in [0.25, 0.3) is 0 Å². The Hall–Kier alpha value is -0.460. The summed E-state index contributed by atoms with van der Waals surface area (Å²) < 4.78 is 0.863. The lowest BCUT2D eigenvalue weighted by molar-refractivity contribution is 0.990. The van der Waals surface area contributed by atoms with Crippen molar-refractivity contribution in [2.24, 2.45) is 0 Å². The van der Waals surface area contributed by atoms with Gasteiger partial charge in [0.15, 0.2) is 5.11 Å². The Morgan fingerprint density at radius 1 is 1.13 bits per heavy atom. The molecule has 2 aromatic rings. The highest BCUT2D eigenvalue weighted by atomic mass is 79.9. The molecule has 0 amide bonds. The molecule has 7 heteroatoms. The fourth-order valence-corrected chi connectivity index (χ4v) is 3.35. The van der Waals surface area contributed by atoms with Crippen molar-refractivity contribution < 1.29 is 0 Å². The largest absolute Gasteiger partial charge is 0.362 e. The summed E-state index contributed by atoms with van der Waals surface area (Å²) in [5, 5.41) is 8.31. The molecule has 0 spiro atoms. The first-order chi connectivity index (χ1) is 11.0. The van der Waals surface area contributed by atoms with Gasteiger partial charge in [0.05, 0.1) is 5.02 Å². The van der Waals surface area contributed by atoms with Crippen LogP contribution >= 0.6 is 63.1 Å². The predicted octanol–water partition coefficient (Wildman–Crippen LogP) is 5.98. The summed E-state index contributed by atoms with van der Waals surface area (Å²) in [5.74, 6) is 1.92. The molecule has 0 heterocycles. The number of thioether (sulfide) groups is 1. The van der Waals surface area contributed by atoms with Gasteiger partial charge in [-0.2, -0.15) is 11.8 Å². The van der Waals surface area contributed by atoms with E-state index >= 15 is 0 Å². The molecular weight excluding hydrogens is 435 g/mol. The highest BCUT2D eigenvalue weighted by Gasteiger charge is 2.01. The second kappa shape index (κ2) is 9.74. The smallest absolute Gasteiger partial charge is 0.170 e. The van der Waals surface area contributed by atoms with E-state index in [1.165, 1.54) is 5.56 Å². The number of rotatable bonds is 6. The molecule has 122 valence electrons. The number of halogens is 3. The topological polar surface area (TPSA) is 24.1 Å². The molecule has 0 fully saturated rings. The zero-order chi connectivity index (χ0) is 16.7. The third-order valence-corrected chi connectivity index (χ3v) is 5.65. The van der Waals surface area contributed by atoms with Gasteiger partial charge in [0.1, 0.15) is 0 Å². The molecule has 2 aromatic carbocycles. The Morgan fingerprint density at radius 3 is 2.57 bits per heavy atom. The summed E-state index contributed by atoms with van der Waals surface area (Å²) in [5.41, 5.74) is 2.13. The highest BCUT2D eigenvalue weighted by molar-refractivity contribution is 9.10. The van der Waals surface area contributed by atoms with Gasteiger partial charge in [-0.3, -0.25) is 0 Å². The van der Waals surface area contributed by atoms with Crippen LogP contribution in [0.2, 0.25) is 10.0 Å². The number of hydrogen-bond acceptors (Lipinski definition) is 2. The zero-order valence-electron chi connectivity index (χ0n) is 12.1. The SMILES string of the molecule is S=C(NCCSCc1ccc(Cl)cc1)Nc1ccc(Br)c(Cl)c1. The second-order valence-electron chi connectivity index (χ2n) is 4.69. The summed E-state index contributed by atoms with van der Waals surface area (Å²) in [6.07, 6.45) is 0. The maximum absolute atomic E-state index is 6.05. The van der Waals surface area contributed by atoms with Crippen LogP contribution in [0.1, 0.15) is 5.56 Å². The third-order valence-electron chi connectivity index (χ3n) is 2.89. The Balaban J connectivity index is 1.64. The maximum atomic E-state index is 6.05. The van der Waals surface area contributed by atoms with Crippen molar-refractivity contribution in [1.29, 1.82) is 0 Å². The van der Waals surface area contributed by atoms with Gasteiger partial charge in [0.2, 0.25) is 0 Å². The first-order valence-electron chi connectivity index (χ1n) is 6.86. The molecule has 0 saturated carbocycles. The van der Waals surface area contributed by atoms with E-state index in [4.69, 9.17) is 35.4 Å². The summed E-state index contributed by atoms with van der Waals surface area (Å²) in [4.78, 5) is 0. The minimum absolute atomic E-state index is 0.593. The summed E-state index contributed by atoms with van der Waals surface area (Å²) in [6, 6.07) is 13.6. The number of nitrogens with one attached hydrogen (secondary N) is 2. The third kappa shape index (κ3) is 6.89. The van der Waals surface area contributed by atoms with Crippen molar-refractivity contribution in [3.63, 3.8) is 0 Å². The minimum Gasteiger partial charge on any atom is -0.362 e. The van der Waals surface area contributed by atoms with E-state index in [1.54, 1.807) is 0 Å². The van der Waals surface area contributed by atoms with Crippen LogP contribution in [-0.2, 0) is 5.75 Å². The van der Waals surface area contributed by atoms with Crippen LogP contribution in [0.4, 0.5) is 5.69 Å². The quantitative estimate of drug-likeness (QED) is 0.418. The van der Waals surface area contributed by atoms with Crippen molar-refractivity contribution in [2.45, 2.75) is 5.75 Å². The molecule has 0 aromatic heterocycles. The monoisotopic (exact) mass is 448 g/mol. The first-order valence-corrected chi connectivity index (χ1v) is 9.98. The Labute approximate surface area is 164 Å². The van der Waals surface area contributed by atoms with E-state index in [0.29, 0.717) is 10.1 Å². The second-order valence-corrected chi connectivity index (χ2v) is 7.90. The van der Waals surface area contributed by atoms with Gasteiger partial charge in [-0.1, -0.05) is 35.3 Å². The first kappa shape index (κ1) is 18.9. The summed E-state index contributed by atoms with van der Waals surface area (Å²) >= 11 is 22.4. The van der Waals surface area contributed by atoms with Crippen LogP contribution < -0.4 is 10.6 Å². The van der Waals surface area contributed by atoms with E-state index in [2.05, 4.69) is 26.6 Å². The Morgan fingerprint density at radius 2 is 1.87 bits per heavy atom. The van der Waals surface area contributed by atoms with Crippen LogP contribution in [0.3, 0.4) is 0 Å². The maximum Gasteiger partial charge on any atom is 0.170 e. The number of thiocarbonyl (C=S) groups is 1. The van der Waals surface area contributed by atoms with Crippen molar-refractivity contribution in [2.75, 3.05) is 17.6 Å². The van der Waals surface area contributed by atoms with Crippen LogP contribution in [0.5, 0.6) is 0 Å². The van der Waals surface area contributed by atoms with Gasteiger partial charge < -0.3 is 10.6 Å². The van der Waals surface area contributed by atoms with Crippen LogP contribution in [-0.4, -0.2) is 17.4 Å². The van der Waals surface area contributed by atoms with Crippen molar-refractivity contribution in [3.05, 3.63) is 62.5 Å². The fourth-order valence-electron chi connectivity index (χ4n) is 1.76. The van der Waals surface area contributed by atoms with Gasteiger partial charge in [-0.25, -0.2) is 0 Å². The molecule has 23 heavy (non-hydrogen) atoms. The molecule has 2 N–H and O–H groups in total. The zero-order valence-corrected chi connectivity index (χ0v) is 16.8. The molecule has 0 radical (unpaired) electrons. The number of anilines is 1. The van der Waals surface area contributed by atoms with E-state index in [0.717, 1.165) is 33.2 Å². The molecule has 2 nitrogen and oxygen atoms in total. The van der Waals surface area contributed by atoms with Crippen molar-refractivity contribution in [3.8, 4) is 0 Å². The predicted molar refractivity (Wildman–Crippen MR) is 111 cm³/mol. The van der Waals surface area contributed by atoms with Gasteiger partial charge >= 0.3 is 0 Å². The van der Waals surface area contributed by atoms with Crippen molar-refractivity contribution >= 4 is 73.9 Å². The van der Waals surface area contributed by atoms with Gasteiger partial charge in [0, 0.05) is 33.2 Å². The van der Waals surface area contributed by atoms with Gasteiger partial charge in [-0.15, -0.1) is 0 Å². The van der Waals surface area contributed by atoms with Gasteiger partial charge in [-0.05, 0) is 64.0 Å². The molecule has 0 bridgehead atoms. The molecule has 0 unspecified atom stereocenters. The van der Waals surface area contributed by atoms with E-state index < -0.39 is 0 Å². The Kier molecular flexibility index (Phi) is 7.99. The van der Waals surface area contributed by atoms with E-state index in [9.17, 15) is 0 Å². The van der Waals surface area contributed by atoms with Crippen LogP contribution in [0, 0.1) is 0 Å². The average molecular weight is 450 g/mol. The summed E-state index contributed by atoms with van der Waals surface area (Å²) in [7, 11) is 0. The molecular formula is C16H15BrCl2N2S2. The number of hydrogen-bond donors (Lipinski definition) is 2. The molecule has 0 atom stereocenters. The molecule has 2 rings (SSSR count). The lowest BCUT2D eigenvalue weighted by Crippen LogP contribution is -2.30. The lowest BCUT2D eigenvalue weighted by Gasteiger charge is -2.11. The molecule has 0 saturated heterocycles. The normalized spacial score (nSPS) is 10.4. The van der Waals surface area contributed by atoms with Crippen LogP contribution in [0.25, 0.3) is 0 Å². The lowest BCUT2D eigenvalue weighted by atomic mass is 10.2. The Bertz CT molecular complexity index is 666. The summed E-state index contributed by atoms with van der Waals surface area (Å²) in [6.45, 7) is 0.800. The highest BCUT2D eigenvalue weighted by Crippen LogP contribution is 2.25. The minimum atomic E-state index is 0.593. The molecule has 0 aliphatic heterocycles. The molecule has 0 aliphatic carbocycles. The fraction of sp³-hybridized carbons (Fsp3) is 0.188. The van der Waals surface area contributed by atoms with E-state index in [1.807, 2.05) is 54.2 Å². The molecule has 0 aliphatic rings. The van der Waals surface area contributed by atoms with E-state index in [-0.39, 0.29) is 0 Å². The van der Waals surface area contributed by atoms with Crippen molar-refractivity contribution in [1.82, 2.24) is 5.32 Å². The van der Waals surface area contributed by atoms with Crippen LogP contribution in [0.15, 0.2) is 46.9 Å². The number of benzene rings is 2. The standard InChI is InChI=1S/C16H15BrCl2N2S2/c17-14-6-5-13(9-15(14)19)21-16(22)20-7-8-23-10-11-1-3-12(18)4-2-11/h1-6,9H,7-8,10H2,(H2,20,21,22). The average Bonchev–Trinajstić information content (AvgIpc) is 2.52.